The van der Waals surface area contributed by atoms with Crippen LogP contribution in [-0.4, -0.2) is 29.9 Å². The molecule has 0 aliphatic heterocycles. The first kappa shape index (κ1) is 18.5. The standard InChI is InChI=1S/C21H23N3O3/c1-14-20(15(2)24(23-14)13-16-9-6-5-7-10-16)22-21(25)19-17(26-3)11-8-12-18(19)27-4/h5-12H,13H2,1-4H3,(H,22,25). The summed E-state index contributed by atoms with van der Waals surface area (Å²) in [6, 6.07) is 15.3. The van der Waals surface area contributed by atoms with Crippen molar-refractivity contribution in [1.82, 2.24) is 9.78 Å². The topological polar surface area (TPSA) is 65.4 Å². The zero-order valence-electron chi connectivity index (χ0n) is 15.9. The van der Waals surface area contributed by atoms with Crippen LogP contribution in [0.2, 0.25) is 0 Å². The Labute approximate surface area is 158 Å². The van der Waals surface area contributed by atoms with Crippen molar-refractivity contribution in [2.45, 2.75) is 20.4 Å². The van der Waals surface area contributed by atoms with Crippen molar-refractivity contribution in [3.05, 3.63) is 71.0 Å². The number of nitrogens with zero attached hydrogens (tertiary/aromatic N) is 2. The number of aromatic nitrogens is 2. The first-order valence-corrected chi connectivity index (χ1v) is 8.65. The van der Waals surface area contributed by atoms with Crippen molar-refractivity contribution >= 4 is 11.6 Å². The lowest BCUT2D eigenvalue weighted by molar-refractivity contribution is 0.102. The average molecular weight is 365 g/mol. The van der Waals surface area contributed by atoms with Crippen LogP contribution in [0.5, 0.6) is 11.5 Å². The minimum absolute atomic E-state index is 0.297. The fraction of sp³-hybridized carbons (Fsp3) is 0.238. The van der Waals surface area contributed by atoms with Gasteiger partial charge < -0.3 is 14.8 Å². The highest BCUT2D eigenvalue weighted by Gasteiger charge is 2.21. The summed E-state index contributed by atoms with van der Waals surface area (Å²) in [6.07, 6.45) is 0. The number of aryl methyl sites for hydroxylation is 1. The number of hydrogen-bond donors (Lipinski definition) is 1. The highest BCUT2D eigenvalue weighted by Crippen LogP contribution is 2.30. The highest BCUT2D eigenvalue weighted by molar-refractivity contribution is 6.08. The second kappa shape index (κ2) is 7.95. The lowest BCUT2D eigenvalue weighted by Crippen LogP contribution is -2.15. The van der Waals surface area contributed by atoms with Crippen molar-refractivity contribution in [2.24, 2.45) is 0 Å². The first-order chi connectivity index (χ1) is 13.0. The van der Waals surface area contributed by atoms with E-state index in [0.29, 0.717) is 29.3 Å². The van der Waals surface area contributed by atoms with Crippen LogP contribution in [0.1, 0.15) is 27.3 Å². The molecule has 6 nitrogen and oxygen atoms in total. The predicted octanol–water partition coefficient (Wildman–Crippen LogP) is 3.82. The molecule has 1 amide bonds. The summed E-state index contributed by atoms with van der Waals surface area (Å²) in [4.78, 5) is 12.9. The maximum Gasteiger partial charge on any atom is 0.263 e. The number of benzene rings is 2. The zero-order valence-corrected chi connectivity index (χ0v) is 15.9. The fourth-order valence-electron chi connectivity index (χ4n) is 3.04. The lowest BCUT2D eigenvalue weighted by Gasteiger charge is -2.13. The minimum atomic E-state index is -0.297. The molecule has 2 aromatic carbocycles. The van der Waals surface area contributed by atoms with Crippen molar-refractivity contribution < 1.29 is 14.3 Å². The molecule has 0 unspecified atom stereocenters. The van der Waals surface area contributed by atoms with Crippen LogP contribution in [0.25, 0.3) is 0 Å². The molecule has 0 spiro atoms. The van der Waals surface area contributed by atoms with E-state index < -0.39 is 0 Å². The molecular weight excluding hydrogens is 342 g/mol. The van der Waals surface area contributed by atoms with Gasteiger partial charge in [-0.15, -0.1) is 0 Å². The quantitative estimate of drug-likeness (QED) is 0.721. The Morgan fingerprint density at radius 3 is 2.22 bits per heavy atom. The predicted molar refractivity (Wildman–Crippen MR) is 105 cm³/mol. The molecular formula is C21H23N3O3. The van der Waals surface area contributed by atoms with E-state index in [1.165, 1.54) is 14.2 Å². The number of anilines is 1. The number of methoxy groups -OCH3 is 2. The van der Waals surface area contributed by atoms with Gasteiger partial charge in [0.1, 0.15) is 17.1 Å². The third-order valence-corrected chi connectivity index (χ3v) is 4.45. The Bertz CT molecular complexity index is 927. The van der Waals surface area contributed by atoms with Crippen LogP contribution < -0.4 is 14.8 Å². The van der Waals surface area contributed by atoms with Crippen LogP contribution in [0.4, 0.5) is 5.69 Å². The van der Waals surface area contributed by atoms with Crippen molar-refractivity contribution in [3.63, 3.8) is 0 Å². The minimum Gasteiger partial charge on any atom is -0.496 e. The van der Waals surface area contributed by atoms with Gasteiger partial charge in [0.15, 0.2) is 0 Å². The Morgan fingerprint density at radius 1 is 1.00 bits per heavy atom. The van der Waals surface area contributed by atoms with Gasteiger partial charge >= 0.3 is 0 Å². The van der Waals surface area contributed by atoms with Crippen LogP contribution in [-0.2, 0) is 6.54 Å². The number of nitrogens with one attached hydrogen (secondary N) is 1. The summed E-state index contributed by atoms with van der Waals surface area (Å²) in [6.45, 7) is 4.46. The third-order valence-electron chi connectivity index (χ3n) is 4.45. The molecule has 3 aromatic rings. The number of amides is 1. The molecule has 27 heavy (non-hydrogen) atoms. The van der Waals surface area contributed by atoms with Crippen molar-refractivity contribution in [3.8, 4) is 11.5 Å². The molecule has 3 rings (SSSR count). The summed E-state index contributed by atoms with van der Waals surface area (Å²) in [7, 11) is 3.06. The van der Waals surface area contributed by atoms with Gasteiger partial charge in [0.25, 0.3) is 5.91 Å². The van der Waals surface area contributed by atoms with Gasteiger partial charge in [-0.05, 0) is 31.5 Å². The second-order valence-electron chi connectivity index (χ2n) is 6.18. The van der Waals surface area contributed by atoms with Gasteiger partial charge in [-0.1, -0.05) is 36.4 Å². The van der Waals surface area contributed by atoms with Crippen molar-refractivity contribution in [2.75, 3.05) is 19.5 Å². The molecule has 0 saturated heterocycles. The molecule has 1 N–H and O–H groups in total. The Balaban J connectivity index is 1.90. The number of hydrogen-bond acceptors (Lipinski definition) is 4. The molecule has 1 heterocycles. The highest BCUT2D eigenvalue weighted by atomic mass is 16.5. The molecule has 1 aromatic heterocycles. The zero-order chi connectivity index (χ0) is 19.4. The summed E-state index contributed by atoms with van der Waals surface area (Å²) in [5.74, 6) is 0.618. The van der Waals surface area contributed by atoms with Crippen LogP contribution >= 0.6 is 0 Å². The van der Waals surface area contributed by atoms with Crippen LogP contribution in [0, 0.1) is 13.8 Å². The maximum absolute atomic E-state index is 12.9. The Hall–Kier alpha value is -3.28. The number of ether oxygens (including phenoxy) is 2. The molecule has 0 aliphatic rings. The Kier molecular flexibility index (Phi) is 5.45. The first-order valence-electron chi connectivity index (χ1n) is 8.65. The van der Waals surface area contributed by atoms with Gasteiger partial charge in [-0.25, -0.2) is 0 Å². The van der Waals surface area contributed by atoms with E-state index in [-0.39, 0.29) is 5.91 Å². The van der Waals surface area contributed by atoms with E-state index in [4.69, 9.17) is 9.47 Å². The van der Waals surface area contributed by atoms with Gasteiger partial charge in [0.2, 0.25) is 0 Å². The molecule has 0 bridgehead atoms. The summed E-state index contributed by atoms with van der Waals surface area (Å²) < 4.78 is 12.5. The monoisotopic (exact) mass is 365 g/mol. The molecule has 0 atom stereocenters. The average Bonchev–Trinajstić information content (AvgIpc) is 2.95. The van der Waals surface area contributed by atoms with E-state index in [2.05, 4.69) is 22.5 Å². The summed E-state index contributed by atoms with van der Waals surface area (Å²) in [5, 5.41) is 7.54. The largest absolute Gasteiger partial charge is 0.496 e. The van der Waals surface area contributed by atoms with Crippen LogP contribution in [0.15, 0.2) is 48.5 Å². The number of carbonyl (C=O) groups excluding carboxylic acids is 1. The molecule has 6 heteroatoms. The number of carbonyl (C=O) groups is 1. The molecule has 0 saturated carbocycles. The van der Waals surface area contributed by atoms with E-state index >= 15 is 0 Å². The van der Waals surface area contributed by atoms with E-state index in [1.807, 2.05) is 36.7 Å². The van der Waals surface area contributed by atoms with Gasteiger partial charge in [0, 0.05) is 0 Å². The van der Waals surface area contributed by atoms with E-state index in [9.17, 15) is 4.79 Å². The van der Waals surface area contributed by atoms with Crippen molar-refractivity contribution in [1.29, 1.82) is 0 Å². The third kappa shape index (κ3) is 3.79. The molecule has 0 fully saturated rings. The smallest absolute Gasteiger partial charge is 0.263 e. The van der Waals surface area contributed by atoms with E-state index in [0.717, 1.165) is 17.0 Å². The van der Waals surface area contributed by atoms with Gasteiger partial charge in [-0.3, -0.25) is 9.48 Å². The maximum atomic E-state index is 12.9. The normalized spacial score (nSPS) is 10.5. The van der Waals surface area contributed by atoms with E-state index in [1.54, 1.807) is 18.2 Å². The van der Waals surface area contributed by atoms with Crippen LogP contribution in [0.3, 0.4) is 0 Å². The molecule has 140 valence electrons. The fourth-order valence-corrected chi connectivity index (χ4v) is 3.04. The van der Waals surface area contributed by atoms with Gasteiger partial charge in [0.05, 0.1) is 37.8 Å². The van der Waals surface area contributed by atoms with Gasteiger partial charge in [-0.2, -0.15) is 5.10 Å². The number of rotatable bonds is 6. The lowest BCUT2D eigenvalue weighted by atomic mass is 10.1. The summed E-state index contributed by atoms with van der Waals surface area (Å²) >= 11 is 0. The molecule has 0 radical (unpaired) electrons. The SMILES string of the molecule is COc1cccc(OC)c1C(=O)Nc1c(C)nn(Cc2ccccc2)c1C. The Morgan fingerprint density at radius 2 is 1.63 bits per heavy atom. The second-order valence-corrected chi connectivity index (χ2v) is 6.18. The summed E-state index contributed by atoms with van der Waals surface area (Å²) in [5.41, 5.74) is 3.84. The molecule has 0 aliphatic carbocycles.